The molecule has 3 saturated carbocycles. The first kappa shape index (κ1) is 21.3. The minimum atomic E-state index is -0.0821. The van der Waals surface area contributed by atoms with Gasteiger partial charge < -0.3 is 5.11 Å². The molecule has 0 aromatic carbocycles. The minimum Gasteiger partial charge on any atom is -0.393 e. The maximum Gasteiger partial charge on any atom is 0.0577 e. The molecule has 0 amide bonds. The number of aliphatic hydroxyl groups is 1. The van der Waals surface area contributed by atoms with Crippen molar-refractivity contribution in [3.63, 3.8) is 0 Å². The third-order valence-electron chi connectivity index (χ3n) is 11.3. The molecule has 1 N–H and O–H groups in total. The topological polar surface area (TPSA) is 20.2 Å². The Hall–Kier alpha value is -0.560. The van der Waals surface area contributed by atoms with Crippen molar-refractivity contribution in [3.8, 4) is 0 Å². The summed E-state index contributed by atoms with van der Waals surface area (Å²) in [7, 11) is 0. The van der Waals surface area contributed by atoms with Crippen LogP contribution < -0.4 is 0 Å². The summed E-state index contributed by atoms with van der Waals surface area (Å²) in [5.41, 5.74) is 6.16. The standard InChI is InChI=1S/C29H46O/c1-17(2)27-19(4)23(27)15-18(3)24-9-10-25-22-8-7-20-16-21(30)11-13-28(20,5)26(22)12-14-29(24,25)6/h7,17-19,21-22,24-26,30H,8-16H2,1-6H3/t18-,19-,21+,22+,24-,25+,26+,28+,29-/m1/s1. The van der Waals surface area contributed by atoms with E-state index >= 15 is 0 Å². The highest BCUT2D eigenvalue weighted by Crippen LogP contribution is 2.67. The van der Waals surface area contributed by atoms with E-state index in [0.29, 0.717) is 10.8 Å². The molecule has 0 spiro atoms. The predicted molar refractivity (Wildman–Crippen MR) is 126 cm³/mol. The van der Waals surface area contributed by atoms with Crippen LogP contribution in [-0.4, -0.2) is 11.2 Å². The van der Waals surface area contributed by atoms with E-state index in [9.17, 15) is 5.11 Å². The normalized spacial score (nSPS) is 48.7. The lowest BCUT2D eigenvalue weighted by Gasteiger charge is -2.58. The Morgan fingerprint density at radius 2 is 1.80 bits per heavy atom. The van der Waals surface area contributed by atoms with E-state index in [1.54, 1.807) is 11.1 Å². The van der Waals surface area contributed by atoms with Crippen molar-refractivity contribution in [1.82, 2.24) is 0 Å². The molecule has 0 unspecified atom stereocenters. The van der Waals surface area contributed by atoms with Gasteiger partial charge in [-0.2, -0.15) is 0 Å². The highest BCUT2D eigenvalue weighted by Gasteiger charge is 2.59. The van der Waals surface area contributed by atoms with Crippen molar-refractivity contribution in [2.24, 2.45) is 52.3 Å². The van der Waals surface area contributed by atoms with Crippen molar-refractivity contribution in [2.75, 3.05) is 0 Å². The number of fused-ring (bicyclic) bond motifs is 5. The van der Waals surface area contributed by atoms with Gasteiger partial charge in [0.2, 0.25) is 0 Å². The van der Waals surface area contributed by atoms with Crippen LogP contribution in [0.2, 0.25) is 0 Å². The summed E-state index contributed by atoms with van der Waals surface area (Å²) in [6.07, 6.45) is 14.2. The van der Waals surface area contributed by atoms with Gasteiger partial charge in [-0.3, -0.25) is 0 Å². The van der Waals surface area contributed by atoms with Crippen molar-refractivity contribution in [3.05, 3.63) is 22.8 Å². The lowest BCUT2D eigenvalue weighted by Crippen LogP contribution is -2.50. The van der Waals surface area contributed by atoms with Crippen LogP contribution in [-0.2, 0) is 0 Å². The van der Waals surface area contributed by atoms with E-state index < -0.39 is 0 Å². The number of hydrogen-bond acceptors (Lipinski definition) is 1. The van der Waals surface area contributed by atoms with Gasteiger partial charge in [-0.05, 0) is 110 Å². The molecule has 0 radical (unpaired) electrons. The zero-order chi connectivity index (χ0) is 21.4. The van der Waals surface area contributed by atoms with E-state index in [1.807, 2.05) is 5.57 Å². The van der Waals surface area contributed by atoms with Gasteiger partial charge in [0, 0.05) is 0 Å². The quantitative estimate of drug-likeness (QED) is 0.474. The molecule has 0 bridgehead atoms. The second-order valence-corrected chi connectivity index (χ2v) is 12.9. The van der Waals surface area contributed by atoms with Crippen molar-refractivity contribution in [1.29, 1.82) is 0 Å². The summed E-state index contributed by atoms with van der Waals surface area (Å²) in [4.78, 5) is 0. The van der Waals surface area contributed by atoms with Gasteiger partial charge in [0.25, 0.3) is 0 Å². The first-order valence-corrected chi connectivity index (χ1v) is 13.3. The minimum absolute atomic E-state index is 0.0821. The summed E-state index contributed by atoms with van der Waals surface area (Å²) in [6, 6.07) is 0. The van der Waals surface area contributed by atoms with Crippen LogP contribution in [0.3, 0.4) is 0 Å². The smallest absolute Gasteiger partial charge is 0.0577 e. The SMILES string of the molecule is CC(C)C1=C(C[C@@H](C)[C@H]2CC[C@H]3[C@@H]4CC=C5C[C@@H](O)CC[C@]5(C)[C@H]4CC[C@]23C)[C@H]1C. The Balaban J connectivity index is 1.34. The Kier molecular flexibility index (Phi) is 5.13. The third kappa shape index (κ3) is 3.04. The third-order valence-corrected chi connectivity index (χ3v) is 11.3. The zero-order valence-electron chi connectivity index (χ0n) is 20.5. The maximum atomic E-state index is 10.2. The highest BCUT2D eigenvalue weighted by molar-refractivity contribution is 5.41. The molecule has 0 saturated heterocycles. The average molecular weight is 411 g/mol. The summed E-state index contributed by atoms with van der Waals surface area (Å²) in [5.74, 6) is 6.02. The summed E-state index contributed by atoms with van der Waals surface area (Å²) in [5, 5.41) is 10.2. The van der Waals surface area contributed by atoms with Gasteiger partial charge in [0.05, 0.1) is 6.10 Å². The summed E-state index contributed by atoms with van der Waals surface area (Å²) >= 11 is 0. The first-order valence-electron chi connectivity index (χ1n) is 13.3. The van der Waals surface area contributed by atoms with Gasteiger partial charge in [0.15, 0.2) is 0 Å². The molecular weight excluding hydrogens is 364 g/mol. The fourth-order valence-electron chi connectivity index (χ4n) is 9.69. The van der Waals surface area contributed by atoms with Gasteiger partial charge in [-0.15, -0.1) is 0 Å². The molecule has 0 aliphatic heterocycles. The molecule has 5 aliphatic rings. The Bertz CT molecular complexity index is 758. The maximum absolute atomic E-state index is 10.2. The van der Waals surface area contributed by atoms with Crippen LogP contribution in [0.15, 0.2) is 22.8 Å². The molecule has 0 aromatic heterocycles. The van der Waals surface area contributed by atoms with Gasteiger partial charge >= 0.3 is 0 Å². The van der Waals surface area contributed by atoms with Crippen LogP contribution in [0.1, 0.15) is 99.3 Å². The number of aliphatic hydroxyl groups excluding tert-OH is 1. The first-order chi connectivity index (χ1) is 14.2. The van der Waals surface area contributed by atoms with Crippen LogP contribution in [0.4, 0.5) is 0 Å². The van der Waals surface area contributed by atoms with Gasteiger partial charge in [-0.1, -0.05) is 64.3 Å². The van der Waals surface area contributed by atoms with E-state index in [-0.39, 0.29) is 6.10 Å². The predicted octanol–water partition coefficient (Wildman–Crippen LogP) is 7.55. The lowest BCUT2D eigenvalue weighted by atomic mass is 9.47. The van der Waals surface area contributed by atoms with E-state index in [0.717, 1.165) is 54.3 Å². The summed E-state index contributed by atoms with van der Waals surface area (Å²) in [6.45, 7) is 15.1. The fourth-order valence-corrected chi connectivity index (χ4v) is 9.69. The highest BCUT2D eigenvalue weighted by atomic mass is 16.3. The van der Waals surface area contributed by atoms with Crippen LogP contribution >= 0.6 is 0 Å². The lowest BCUT2D eigenvalue weighted by molar-refractivity contribution is -0.0566. The Labute approximate surface area is 185 Å². The number of rotatable bonds is 4. The largest absolute Gasteiger partial charge is 0.393 e. The Morgan fingerprint density at radius 3 is 2.50 bits per heavy atom. The summed E-state index contributed by atoms with van der Waals surface area (Å²) < 4.78 is 0. The molecule has 0 heterocycles. The molecule has 5 rings (SSSR count). The number of allylic oxidation sites excluding steroid dienone is 3. The second kappa shape index (κ2) is 7.23. The van der Waals surface area contributed by atoms with Crippen molar-refractivity contribution in [2.45, 2.75) is 105 Å². The van der Waals surface area contributed by atoms with E-state index in [2.05, 4.69) is 47.6 Å². The van der Waals surface area contributed by atoms with Gasteiger partial charge in [0.1, 0.15) is 0 Å². The fraction of sp³-hybridized carbons (Fsp3) is 0.862. The molecule has 0 aromatic rings. The zero-order valence-corrected chi connectivity index (χ0v) is 20.5. The van der Waals surface area contributed by atoms with Crippen LogP contribution in [0.5, 0.6) is 0 Å². The van der Waals surface area contributed by atoms with Gasteiger partial charge in [-0.25, -0.2) is 0 Å². The molecule has 3 fully saturated rings. The molecule has 5 aliphatic carbocycles. The molecular formula is C29H46O. The molecule has 168 valence electrons. The number of hydrogen-bond donors (Lipinski definition) is 1. The molecule has 1 nitrogen and oxygen atoms in total. The van der Waals surface area contributed by atoms with Crippen molar-refractivity contribution >= 4 is 0 Å². The van der Waals surface area contributed by atoms with E-state index in [4.69, 9.17) is 0 Å². The molecule has 1 heteroatoms. The molecule has 9 atom stereocenters. The Morgan fingerprint density at radius 1 is 1.03 bits per heavy atom. The van der Waals surface area contributed by atoms with Crippen molar-refractivity contribution < 1.29 is 5.11 Å². The van der Waals surface area contributed by atoms with Crippen LogP contribution in [0, 0.1) is 52.3 Å². The average Bonchev–Trinajstić information content (AvgIpc) is 3.17. The monoisotopic (exact) mass is 410 g/mol. The second-order valence-electron chi connectivity index (χ2n) is 12.9. The molecule has 30 heavy (non-hydrogen) atoms. The van der Waals surface area contributed by atoms with Crippen LogP contribution in [0.25, 0.3) is 0 Å². The van der Waals surface area contributed by atoms with E-state index in [1.165, 1.54) is 44.9 Å².